The van der Waals surface area contributed by atoms with Crippen molar-refractivity contribution in [2.24, 2.45) is 0 Å². The molecule has 1 aliphatic rings. The molecule has 2 aromatic carbocycles. The summed E-state index contributed by atoms with van der Waals surface area (Å²) in [6, 6.07) is 15.4. The number of sulfonamides is 1. The molecule has 0 spiro atoms. The van der Waals surface area contributed by atoms with Gasteiger partial charge in [0.1, 0.15) is 6.61 Å². The second-order valence-corrected chi connectivity index (χ2v) is 8.44. The normalized spacial score (nSPS) is 18.4. The van der Waals surface area contributed by atoms with Crippen LogP contribution in [0.2, 0.25) is 0 Å². The molecule has 2 aromatic rings. The standard InChI is InChI=1S/C20H23NO4S/c1-16-8-5-6-13-21(16)26(23,24)19-12-7-11-18(14-19)20(22)25-15-17-9-3-2-4-10-17/h2-4,7,9-12,14,16H,5-6,8,13,15H2,1H3/t16-/m1/s1. The second kappa shape index (κ2) is 8.01. The predicted molar refractivity (Wildman–Crippen MR) is 99.2 cm³/mol. The Balaban J connectivity index is 1.76. The van der Waals surface area contributed by atoms with Crippen LogP contribution < -0.4 is 0 Å². The molecule has 0 aromatic heterocycles. The van der Waals surface area contributed by atoms with Crippen LogP contribution in [0.5, 0.6) is 0 Å². The van der Waals surface area contributed by atoms with E-state index in [1.54, 1.807) is 12.1 Å². The van der Waals surface area contributed by atoms with E-state index in [9.17, 15) is 13.2 Å². The zero-order valence-electron chi connectivity index (χ0n) is 14.8. The Morgan fingerprint density at radius 2 is 1.88 bits per heavy atom. The van der Waals surface area contributed by atoms with E-state index in [-0.39, 0.29) is 23.1 Å². The highest BCUT2D eigenvalue weighted by Gasteiger charge is 2.31. The van der Waals surface area contributed by atoms with Crippen molar-refractivity contribution in [3.8, 4) is 0 Å². The smallest absolute Gasteiger partial charge is 0.338 e. The van der Waals surface area contributed by atoms with E-state index in [4.69, 9.17) is 4.74 Å². The number of piperidine rings is 1. The summed E-state index contributed by atoms with van der Waals surface area (Å²) in [5.41, 5.74) is 1.12. The van der Waals surface area contributed by atoms with E-state index >= 15 is 0 Å². The van der Waals surface area contributed by atoms with Crippen LogP contribution in [0.15, 0.2) is 59.5 Å². The zero-order valence-corrected chi connectivity index (χ0v) is 15.6. The van der Waals surface area contributed by atoms with Crippen molar-refractivity contribution in [1.82, 2.24) is 4.31 Å². The predicted octanol–water partition coefficient (Wildman–Crippen LogP) is 3.61. The fraction of sp³-hybridized carbons (Fsp3) is 0.350. The minimum absolute atomic E-state index is 0.0255. The lowest BCUT2D eigenvalue weighted by Crippen LogP contribution is -2.41. The summed E-state index contributed by atoms with van der Waals surface area (Å²) in [4.78, 5) is 12.4. The quantitative estimate of drug-likeness (QED) is 0.751. The average molecular weight is 373 g/mol. The molecule has 0 saturated carbocycles. The molecule has 0 N–H and O–H groups in total. The molecule has 0 bridgehead atoms. The summed E-state index contributed by atoms with van der Waals surface area (Å²) >= 11 is 0. The van der Waals surface area contributed by atoms with E-state index in [1.807, 2.05) is 37.3 Å². The summed E-state index contributed by atoms with van der Waals surface area (Å²) in [5, 5.41) is 0. The molecular formula is C20H23NO4S. The molecule has 0 unspecified atom stereocenters. The lowest BCUT2D eigenvalue weighted by Gasteiger charge is -2.32. The highest BCUT2D eigenvalue weighted by atomic mass is 32.2. The molecule has 1 saturated heterocycles. The monoisotopic (exact) mass is 373 g/mol. The topological polar surface area (TPSA) is 63.7 Å². The van der Waals surface area contributed by atoms with Crippen molar-refractivity contribution < 1.29 is 17.9 Å². The number of carbonyl (C=O) groups excluding carboxylic acids is 1. The number of rotatable bonds is 5. The van der Waals surface area contributed by atoms with Crippen LogP contribution in [-0.4, -0.2) is 31.3 Å². The van der Waals surface area contributed by atoms with E-state index in [2.05, 4.69) is 0 Å². The van der Waals surface area contributed by atoms with Crippen LogP contribution >= 0.6 is 0 Å². The van der Waals surface area contributed by atoms with E-state index < -0.39 is 16.0 Å². The van der Waals surface area contributed by atoms with Gasteiger partial charge in [0, 0.05) is 12.6 Å². The highest BCUT2D eigenvalue weighted by molar-refractivity contribution is 7.89. The van der Waals surface area contributed by atoms with Gasteiger partial charge in [0.05, 0.1) is 10.5 Å². The molecule has 26 heavy (non-hydrogen) atoms. The lowest BCUT2D eigenvalue weighted by atomic mass is 10.1. The van der Waals surface area contributed by atoms with Crippen LogP contribution in [0, 0.1) is 0 Å². The summed E-state index contributed by atoms with van der Waals surface area (Å²) in [6.45, 7) is 2.60. The molecule has 0 amide bonds. The third kappa shape index (κ3) is 4.14. The largest absolute Gasteiger partial charge is 0.457 e. The first-order chi connectivity index (χ1) is 12.5. The Bertz CT molecular complexity index is 864. The SMILES string of the molecule is C[C@@H]1CCCCN1S(=O)(=O)c1cccc(C(=O)OCc2ccccc2)c1. The molecule has 1 heterocycles. The van der Waals surface area contributed by atoms with Gasteiger partial charge >= 0.3 is 5.97 Å². The summed E-state index contributed by atoms with van der Waals surface area (Å²) in [5.74, 6) is -0.530. The van der Waals surface area contributed by atoms with Crippen LogP contribution in [0.1, 0.15) is 42.1 Å². The third-order valence-electron chi connectivity index (χ3n) is 4.63. The number of hydrogen-bond acceptors (Lipinski definition) is 4. The fourth-order valence-electron chi connectivity index (χ4n) is 3.15. The molecule has 0 radical (unpaired) electrons. The van der Waals surface area contributed by atoms with Crippen LogP contribution in [-0.2, 0) is 21.4 Å². The highest BCUT2D eigenvalue weighted by Crippen LogP contribution is 2.25. The van der Waals surface area contributed by atoms with Crippen LogP contribution in [0.4, 0.5) is 0 Å². The summed E-state index contributed by atoms with van der Waals surface area (Å²) in [7, 11) is -3.61. The van der Waals surface area contributed by atoms with Gasteiger partial charge in [-0.2, -0.15) is 4.31 Å². The maximum Gasteiger partial charge on any atom is 0.338 e. The Kier molecular flexibility index (Phi) is 5.74. The zero-order chi connectivity index (χ0) is 18.6. The molecule has 6 heteroatoms. The van der Waals surface area contributed by atoms with Crippen molar-refractivity contribution >= 4 is 16.0 Å². The number of carbonyl (C=O) groups is 1. The summed E-state index contributed by atoms with van der Waals surface area (Å²) in [6.07, 6.45) is 2.76. The van der Waals surface area contributed by atoms with Gasteiger partial charge < -0.3 is 4.74 Å². The fourth-order valence-corrected chi connectivity index (χ4v) is 4.90. The minimum Gasteiger partial charge on any atom is -0.457 e. The van der Waals surface area contributed by atoms with Crippen molar-refractivity contribution in [2.75, 3.05) is 6.54 Å². The number of ether oxygens (including phenoxy) is 1. The van der Waals surface area contributed by atoms with Gasteiger partial charge in [-0.3, -0.25) is 0 Å². The molecule has 1 fully saturated rings. The van der Waals surface area contributed by atoms with Gasteiger partial charge in [-0.05, 0) is 43.5 Å². The van der Waals surface area contributed by atoms with Crippen molar-refractivity contribution in [2.45, 2.75) is 43.7 Å². The molecule has 1 atom stereocenters. The van der Waals surface area contributed by atoms with Crippen molar-refractivity contribution in [3.05, 3.63) is 65.7 Å². The minimum atomic E-state index is -3.61. The van der Waals surface area contributed by atoms with Gasteiger partial charge in [0.25, 0.3) is 0 Å². The first kappa shape index (κ1) is 18.6. The molecule has 3 rings (SSSR count). The maximum atomic E-state index is 12.9. The van der Waals surface area contributed by atoms with Gasteiger partial charge in [-0.25, -0.2) is 13.2 Å². The number of hydrogen-bond donors (Lipinski definition) is 0. The summed E-state index contributed by atoms with van der Waals surface area (Å²) < 4.78 is 32.7. The Morgan fingerprint density at radius 3 is 2.62 bits per heavy atom. The molecule has 138 valence electrons. The van der Waals surface area contributed by atoms with Crippen LogP contribution in [0.3, 0.4) is 0 Å². The molecule has 1 aliphatic heterocycles. The lowest BCUT2D eigenvalue weighted by molar-refractivity contribution is 0.0472. The van der Waals surface area contributed by atoms with Crippen LogP contribution in [0.25, 0.3) is 0 Å². The van der Waals surface area contributed by atoms with Gasteiger partial charge in [-0.1, -0.05) is 42.8 Å². The maximum absolute atomic E-state index is 12.9. The Morgan fingerprint density at radius 1 is 1.12 bits per heavy atom. The molecule has 5 nitrogen and oxygen atoms in total. The van der Waals surface area contributed by atoms with Gasteiger partial charge in [-0.15, -0.1) is 0 Å². The molecule has 0 aliphatic carbocycles. The van der Waals surface area contributed by atoms with Gasteiger partial charge in [0.15, 0.2) is 0 Å². The third-order valence-corrected chi connectivity index (χ3v) is 6.64. The van der Waals surface area contributed by atoms with E-state index in [1.165, 1.54) is 16.4 Å². The Labute approximate surface area is 154 Å². The molecular weight excluding hydrogens is 350 g/mol. The number of nitrogens with zero attached hydrogens (tertiary/aromatic N) is 1. The first-order valence-electron chi connectivity index (χ1n) is 8.81. The Hall–Kier alpha value is -2.18. The van der Waals surface area contributed by atoms with E-state index in [0.29, 0.717) is 6.54 Å². The van der Waals surface area contributed by atoms with Crippen molar-refractivity contribution in [1.29, 1.82) is 0 Å². The average Bonchev–Trinajstić information content (AvgIpc) is 2.67. The van der Waals surface area contributed by atoms with E-state index in [0.717, 1.165) is 24.8 Å². The second-order valence-electron chi connectivity index (χ2n) is 6.55. The van der Waals surface area contributed by atoms with Crippen molar-refractivity contribution in [3.63, 3.8) is 0 Å². The van der Waals surface area contributed by atoms with Gasteiger partial charge in [0.2, 0.25) is 10.0 Å². The first-order valence-corrected chi connectivity index (χ1v) is 10.3. The number of esters is 1. The number of benzene rings is 2.